The minimum absolute atomic E-state index is 0.300. The first-order chi connectivity index (χ1) is 7.18. The van der Waals surface area contributed by atoms with Crippen LogP contribution in [0.3, 0.4) is 0 Å². The number of halogens is 1. The van der Waals surface area contributed by atoms with E-state index >= 15 is 0 Å². The third-order valence-corrected chi connectivity index (χ3v) is 3.00. The third kappa shape index (κ3) is 1.92. The summed E-state index contributed by atoms with van der Waals surface area (Å²) in [5, 5.41) is 3.52. The van der Waals surface area contributed by atoms with Crippen molar-refractivity contribution in [3.63, 3.8) is 0 Å². The van der Waals surface area contributed by atoms with Crippen molar-refractivity contribution in [1.82, 2.24) is 5.32 Å². The molecule has 1 fully saturated rings. The lowest BCUT2D eigenvalue weighted by atomic mass is 10.1. The molecule has 1 aromatic rings. The highest BCUT2D eigenvalue weighted by molar-refractivity contribution is 6.31. The molecule has 0 atom stereocenters. The Morgan fingerprint density at radius 1 is 1.47 bits per heavy atom. The molecule has 1 aliphatic carbocycles. The van der Waals surface area contributed by atoms with E-state index in [9.17, 15) is 4.79 Å². The first kappa shape index (κ1) is 10.3. The maximum atomic E-state index is 11.2. The van der Waals surface area contributed by atoms with Crippen molar-refractivity contribution in [2.24, 2.45) is 0 Å². The van der Waals surface area contributed by atoms with Crippen LogP contribution in [0.1, 0.15) is 18.4 Å². The predicted octanol–water partition coefficient (Wildman–Crippen LogP) is 2.69. The van der Waals surface area contributed by atoms with Crippen LogP contribution in [0.4, 0.5) is 4.79 Å². The first-order valence-corrected chi connectivity index (χ1v) is 5.17. The van der Waals surface area contributed by atoms with E-state index < -0.39 is 6.09 Å². The van der Waals surface area contributed by atoms with Gasteiger partial charge in [-0.2, -0.15) is 0 Å². The zero-order chi connectivity index (χ0) is 10.9. The Hall–Kier alpha value is -1.22. The first-order valence-electron chi connectivity index (χ1n) is 4.79. The molecule has 1 aliphatic rings. The van der Waals surface area contributed by atoms with E-state index in [2.05, 4.69) is 10.1 Å². The molecule has 1 amide bonds. The van der Waals surface area contributed by atoms with Gasteiger partial charge in [0.15, 0.2) is 0 Å². The molecule has 4 heteroatoms. The normalized spacial score (nSPS) is 16.9. The summed E-state index contributed by atoms with van der Waals surface area (Å²) in [6.45, 7) is 0. The van der Waals surface area contributed by atoms with Gasteiger partial charge in [0.25, 0.3) is 0 Å². The average Bonchev–Trinajstić information content (AvgIpc) is 2.99. The molecule has 0 unspecified atom stereocenters. The Labute approximate surface area is 93.4 Å². The molecule has 15 heavy (non-hydrogen) atoms. The van der Waals surface area contributed by atoms with Gasteiger partial charge in [-0.05, 0) is 24.5 Å². The highest BCUT2D eigenvalue weighted by Crippen LogP contribution is 2.47. The predicted molar refractivity (Wildman–Crippen MR) is 57.9 cm³/mol. The smallest absolute Gasteiger partial charge is 0.407 e. The molecule has 2 rings (SSSR count). The molecule has 0 bridgehead atoms. The van der Waals surface area contributed by atoms with Crippen LogP contribution in [-0.2, 0) is 10.3 Å². The highest BCUT2D eigenvalue weighted by atomic mass is 35.5. The van der Waals surface area contributed by atoms with E-state index in [0.717, 1.165) is 18.4 Å². The number of rotatable bonds is 2. The fourth-order valence-electron chi connectivity index (χ4n) is 1.68. The molecule has 0 radical (unpaired) electrons. The Bertz CT molecular complexity index is 388. The van der Waals surface area contributed by atoms with Gasteiger partial charge in [0.1, 0.15) is 0 Å². The van der Waals surface area contributed by atoms with E-state index in [-0.39, 0.29) is 5.54 Å². The zero-order valence-corrected chi connectivity index (χ0v) is 9.17. The van der Waals surface area contributed by atoms with Crippen molar-refractivity contribution in [3.05, 3.63) is 34.9 Å². The standard InChI is InChI=1S/C11H12ClNO2/c1-15-10(14)13-11(6-7-11)8-4-2-3-5-9(8)12/h2-5H,6-7H2,1H3,(H,13,14). The van der Waals surface area contributed by atoms with Crippen molar-refractivity contribution in [1.29, 1.82) is 0 Å². The molecule has 1 saturated carbocycles. The van der Waals surface area contributed by atoms with Crippen molar-refractivity contribution in [3.8, 4) is 0 Å². The molecule has 1 N–H and O–H groups in total. The maximum absolute atomic E-state index is 11.2. The number of amides is 1. The summed E-state index contributed by atoms with van der Waals surface area (Å²) in [4.78, 5) is 11.2. The van der Waals surface area contributed by atoms with Crippen LogP contribution in [0.5, 0.6) is 0 Å². The number of ether oxygens (including phenoxy) is 1. The van der Waals surface area contributed by atoms with Crippen LogP contribution in [0, 0.1) is 0 Å². The summed E-state index contributed by atoms with van der Waals surface area (Å²) < 4.78 is 4.59. The number of hydrogen-bond donors (Lipinski definition) is 1. The van der Waals surface area contributed by atoms with Gasteiger partial charge >= 0.3 is 6.09 Å². The lowest BCUT2D eigenvalue weighted by Crippen LogP contribution is -2.34. The monoisotopic (exact) mass is 225 g/mol. The Balaban J connectivity index is 2.23. The molecule has 80 valence electrons. The number of methoxy groups -OCH3 is 1. The minimum atomic E-state index is -0.410. The number of alkyl carbamates (subject to hydrolysis) is 1. The van der Waals surface area contributed by atoms with Crippen LogP contribution >= 0.6 is 11.6 Å². The minimum Gasteiger partial charge on any atom is -0.453 e. The van der Waals surface area contributed by atoms with Gasteiger partial charge in [0.2, 0.25) is 0 Å². The molecule has 0 aliphatic heterocycles. The van der Waals surface area contributed by atoms with Gasteiger partial charge in [0.05, 0.1) is 12.6 Å². The van der Waals surface area contributed by atoms with Crippen molar-refractivity contribution < 1.29 is 9.53 Å². The summed E-state index contributed by atoms with van der Waals surface area (Å²) in [6.07, 6.45) is 1.41. The number of hydrogen-bond acceptors (Lipinski definition) is 2. The molecule has 0 spiro atoms. The quantitative estimate of drug-likeness (QED) is 0.841. The lowest BCUT2D eigenvalue weighted by Gasteiger charge is -2.18. The molecule has 1 aromatic carbocycles. The second-order valence-corrected chi connectivity index (χ2v) is 4.09. The molecule has 0 heterocycles. The SMILES string of the molecule is COC(=O)NC1(c2ccccc2Cl)CC1. The Morgan fingerprint density at radius 2 is 2.13 bits per heavy atom. The summed E-state index contributed by atoms with van der Waals surface area (Å²) in [6, 6.07) is 7.56. The van der Waals surface area contributed by atoms with E-state index in [0.29, 0.717) is 5.02 Å². The third-order valence-electron chi connectivity index (χ3n) is 2.67. The van der Waals surface area contributed by atoms with E-state index in [4.69, 9.17) is 11.6 Å². The summed E-state index contributed by atoms with van der Waals surface area (Å²) in [5.74, 6) is 0. The van der Waals surface area contributed by atoms with Gasteiger partial charge in [-0.25, -0.2) is 4.79 Å². The van der Waals surface area contributed by atoms with Crippen molar-refractivity contribution >= 4 is 17.7 Å². The Kier molecular flexibility index (Phi) is 2.57. The fraction of sp³-hybridized carbons (Fsp3) is 0.364. The molecule has 3 nitrogen and oxygen atoms in total. The highest BCUT2D eigenvalue weighted by Gasteiger charge is 2.47. The largest absolute Gasteiger partial charge is 0.453 e. The van der Waals surface area contributed by atoms with Crippen LogP contribution in [-0.4, -0.2) is 13.2 Å². The fourth-order valence-corrected chi connectivity index (χ4v) is 2.00. The zero-order valence-electron chi connectivity index (χ0n) is 8.42. The van der Waals surface area contributed by atoms with E-state index in [1.165, 1.54) is 7.11 Å². The van der Waals surface area contributed by atoms with Crippen molar-refractivity contribution in [2.75, 3.05) is 7.11 Å². The van der Waals surface area contributed by atoms with Gasteiger partial charge in [0, 0.05) is 5.02 Å². The second kappa shape index (κ2) is 3.74. The van der Waals surface area contributed by atoms with Crippen molar-refractivity contribution in [2.45, 2.75) is 18.4 Å². The second-order valence-electron chi connectivity index (χ2n) is 3.68. The van der Waals surface area contributed by atoms with E-state index in [1.807, 2.05) is 24.3 Å². The van der Waals surface area contributed by atoms with Crippen LogP contribution in [0.2, 0.25) is 5.02 Å². The van der Waals surface area contributed by atoms with Gasteiger partial charge in [-0.3, -0.25) is 0 Å². The average molecular weight is 226 g/mol. The van der Waals surface area contributed by atoms with Crippen LogP contribution in [0.25, 0.3) is 0 Å². The summed E-state index contributed by atoms with van der Waals surface area (Å²) >= 11 is 6.08. The molecule has 0 aromatic heterocycles. The van der Waals surface area contributed by atoms with Crippen LogP contribution < -0.4 is 5.32 Å². The topological polar surface area (TPSA) is 38.3 Å². The molecular formula is C11H12ClNO2. The molecular weight excluding hydrogens is 214 g/mol. The Morgan fingerprint density at radius 3 is 2.67 bits per heavy atom. The number of carbonyl (C=O) groups is 1. The maximum Gasteiger partial charge on any atom is 0.407 e. The number of benzene rings is 1. The molecule has 0 saturated heterocycles. The lowest BCUT2D eigenvalue weighted by molar-refractivity contribution is 0.165. The summed E-state index contributed by atoms with van der Waals surface area (Å²) in [5.41, 5.74) is 0.669. The number of nitrogens with one attached hydrogen (secondary N) is 1. The number of carbonyl (C=O) groups excluding carboxylic acids is 1. The van der Waals surface area contributed by atoms with Gasteiger partial charge in [-0.15, -0.1) is 0 Å². The summed E-state index contributed by atoms with van der Waals surface area (Å²) in [7, 11) is 1.36. The van der Waals surface area contributed by atoms with Gasteiger partial charge < -0.3 is 10.1 Å². The van der Waals surface area contributed by atoms with Crippen LogP contribution in [0.15, 0.2) is 24.3 Å². The van der Waals surface area contributed by atoms with E-state index in [1.54, 1.807) is 0 Å². The van der Waals surface area contributed by atoms with Gasteiger partial charge in [-0.1, -0.05) is 29.8 Å².